The summed E-state index contributed by atoms with van der Waals surface area (Å²) < 4.78 is 16.2. The van der Waals surface area contributed by atoms with E-state index in [0.29, 0.717) is 0 Å². The van der Waals surface area contributed by atoms with Gasteiger partial charge in [0.1, 0.15) is 24.9 Å². The van der Waals surface area contributed by atoms with Crippen molar-refractivity contribution in [2.24, 2.45) is 0 Å². The molecule has 198 valence electrons. The molecule has 8 heteroatoms. The lowest BCUT2D eigenvalue weighted by atomic mass is 9.98. The minimum atomic E-state index is -1.17. The Hall–Kier alpha value is -4.33. The van der Waals surface area contributed by atoms with Crippen LogP contribution >= 0.6 is 0 Å². The van der Waals surface area contributed by atoms with Crippen molar-refractivity contribution in [2.75, 3.05) is 13.2 Å². The summed E-state index contributed by atoms with van der Waals surface area (Å²) in [5.41, 5.74) is 4.45. The summed E-state index contributed by atoms with van der Waals surface area (Å²) in [5.74, 6) is -0.797. The Balaban J connectivity index is 1.34. The van der Waals surface area contributed by atoms with Gasteiger partial charge in [-0.3, -0.25) is 0 Å². The first kappa shape index (κ1) is 26.7. The van der Waals surface area contributed by atoms with Crippen LogP contribution in [0.2, 0.25) is 0 Å². The molecule has 0 unspecified atom stereocenters. The van der Waals surface area contributed by atoms with Gasteiger partial charge in [0.25, 0.3) is 0 Å². The highest BCUT2D eigenvalue weighted by atomic mass is 16.6. The second-order valence-corrected chi connectivity index (χ2v) is 10.00. The van der Waals surface area contributed by atoms with Crippen LogP contribution in [-0.4, -0.2) is 43.0 Å². The number of benzene rings is 3. The summed E-state index contributed by atoms with van der Waals surface area (Å²) in [5, 5.41) is 5.05. The van der Waals surface area contributed by atoms with E-state index in [9.17, 15) is 14.4 Å². The summed E-state index contributed by atoms with van der Waals surface area (Å²) in [6.07, 6.45) is -1.51. The molecule has 0 spiro atoms. The third-order valence-corrected chi connectivity index (χ3v) is 5.99. The van der Waals surface area contributed by atoms with E-state index in [1.807, 2.05) is 66.7 Å². The predicted octanol–water partition coefficient (Wildman–Crippen LogP) is 5.16. The number of amides is 2. The molecule has 0 saturated heterocycles. The van der Waals surface area contributed by atoms with Crippen LogP contribution < -0.4 is 10.6 Å². The van der Waals surface area contributed by atoms with Crippen molar-refractivity contribution < 1.29 is 28.6 Å². The van der Waals surface area contributed by atoms with Crippen molar-refractivity contribution in [1.29, 1.82) is 0 Å². The number of hydrogen-bond donors (Lipinski definition) is 2. The van der Waals surface area contributed by atoms with Crippen LogP contribution in [-0.2, 0) is 25.6 Å². The van der Waals surface area contributed by atoms with Gasteiger partial charge in [-0.2, -0.15) is 0 Å². The molecule has 1 aliphatic carbocycles. The van der Waals surface area contributed by atoms with Gasteiger partial charge in [-0.05, 0) is 48.6 Å². The van der Waals surface area contributed by atoms with Crippen LogP contribution in [0.4, 0.5) is 9.59 Å². The maximum absolute atomic E-state index is 12.7. The minimum Gasteiger partial charge on any atom is -0.458 e. The fraction of sp³-hybridized carbons (Fsp3) is 0.300. The Morgan fingerprint density at radius 3 is 1.97 bits per heavy atom. The third-order valence-electron chi connectivity index (χ3n) is 5.99. The molecular formula is C30H32N2O6. The molecular weight excluding hydrogens is 484 g/mol. The molecule has 38 heavy (non-hydrogen) atoms. The molecule has 2 N–H and O–H groups in total. The molecule has 0 radical (unpaired) electrons. The van der Waals surface area contributed by atoms with Gasteiger partial charge in [0.2, 0.25) is 0 Å². The van der Waals surface area contributed by atoms with Gasteiger partial charge >= 0.3 is 18.2 Å². The van der Waals surface area contributed by atoms with E-state index < -0.39 is 29.8 Å². The summed E-state index contributed by atoms with van der Waals surface area (Å²) in [7, 11) is 0. The molecule has 0 saturated carbocycles. The number of nitrogens with one attached hydrogen (secondary N) is 2. The molecule has 0 aromatic heterocycles. The number of fused-ring (bicyclic) bond motifs is 3. The molecule has 0 aliphatic heterocycles. The molecule has 4 rings (SSSR count). The van der Waals surface area contributed by atoms with Gasteiger partial charge in [0.15, 0.2) is 0 Å². The number of rotatable bonds is 8. The van der Waals surface area contributed by atoms with E-state index in [1.165, 1.54) is 0 Å². The summed E-state index contributed by atoms with van der Waals surface area (Å²) in [6, 6.07) is 24.1. The van der Waals surface area contributed by atoms with E-state index in [2.05, 4.69) is 22.8 Å². The van der Waals surface area contributed by atoms with Gasteiger partial charge in [0.05, 0.1) is 6.54 Å². The van der Waals surface area contributed by atoms with Crippen LogP contribution in [0.5, 0.6) is 0 Å². The molecule has 0 heterocycles. The van der Waals surface area contributed by atoms with Crippen LogP contribution in [0.1, 0.15) is 43.4 Å². The molecule has 3 aromatic carbocycles. The summed E-state index contributed by atoms with van der Waals surface area (Å²) in [4.78, 5) is 37.7. The number of carbonyl (C=O) groups excluding carboxylic acids is 3. The van der Waals surface area contributed by atoms with Crippen LogP contribution in [0.25, 0.3) is 11.1 Å². The maximum atomic E-state index is 12.7. The van der Waals surface area contributed by atoms with Crippen molar-refractivity contribution in [1.82, 2.24) is 10.6 Å². The average molecular weight is 517 g/mol. The normalized spacial score (nSPS) is 13.0. The second-order valence-electron chi connectivity index (χ2n) is 10.00. The van der Waals surface area contributed by atoms with Gasteiger partial charge in [0, 0.05) is 5.92 Å². The first-order valence-corrected chi connectivity index (χ1v) is 12.5. The highest BCUT2D eigenvalue weighted by molar-refractivity contribution is 5.83. The van der Waals surface area contributed by atoms with E-state index in [0.717, 1.165) is 27.8 Å². The lowest BCUT2D eigenvalue weighted by Gasteiger charge is -2.24. The molecule has 1 atom stereocenters. The summed E-state index contributed by atoms with van der Waals surface area (Å²) in [6.45, 7) is 5.08. The minimum absolute atomic E-state index is 0.0352. The smallest absolute Gasteiger partial charge is 0.408 e. The quantitative estimate of drug-likeness (QED) is 0.317. The zero-order valence-electron chi connectivity index (χ0n) is 21.7. The predicted molar refractivity (Wildman–Crippen MR) is 142 cm³/mol. The largest absolute Gasteiger partial charge is 0.458 e. The van der Waals surface area contributed by atoms with E-state index >= 15 is 0 Å². The lowest BCUT2D eigenvalue weighted by molar-refractivity contribution is -0.157. The van der Waals surface area contributed by atoms with Crippen LogP contribution in [0, 0.1) is 0 Å². The van der Waals surface area contributed by atoms with Gasteiger partial charge in [-0.25, -0.2) is 14.4 Å². The highest BCUT2D eigenvalue weighted by Crippen LogP contribution is 2.44. The Morgan fingerprint density at radius 1 is 0.789 bits per heavy atom. The highest BCUT2D eigenvalue weighted by Gasteiger charge is 2.30. The van der Waals surface area contributed by atoms with Gasteiger partial charge in [-0.15, -0.1) is 0 Å². The van der Waals surface area contributed by atoms with Crippen molar-refractivity contribution in [2.45, 2.75) is 44.9 Å². The molecule has 2 amide bonds. The van der Waals surface area contributed by atoms with Crippen molar-refractivity contribution in [3.05, 3.63) is 95.6 Å². The zero-order valence-corrected chi connectivity index (χ0v) is 21.7. The fourth-order valence-electron chi connectivity index (χ4n) is 4.31. The Kier molecular flexibility index (Phi) is 8.31. The third kappa shape index (κ3) is 6.91. The Labute approximate surface area is 222 Å². The Bertz CT molecular complexity index is 1240. The number of carbonyl (C=O) groups is 3. The summed E-state index contributed by atoms with van der Waals surface area (Å²) >= 11 is 0. The molecule has 0 bridgehead atoms. The van der Waals surface area contributed by atoms with Gasteiger partial charge < -0.3 is 24.8 Å². The topological polar surface area (TPSA) is 103 Å². The molecule has 0 fully saturated rings. The SMILES string of the molecule is CC(C)(C)OC(=O)[C@H](CNC(=O)OCC1c2ccccc2-c2ccccc21)NC(=O)OCc1ccccc1. The maximum Gasteiger partial charge on any atom is 0.408 e. The Morgan fingerprint density at radius 2 is 1.37 bits per heavy atom. The fourth-order valence-corrected chi connectivity index (χ4v) is 4.31. The number of alkyl carbamates (subject to hydrolysis) is 2. The molecule has 1 aliphatic rings. The number of esters is 1. The van der Waals surface area contributed by atoms with Crippen LogP contribution in [0.15, 0.2) is 78.9 Å². The second kappa shape index (κ2) is 11.8. The number of ether oxygens (including phenoxy) is 3. The van der Waals surface area contributed by atoms with Crippen LogP contribution in [0.3, 0.4) is 0 Å². The van der Waals surface area contributed by atoms with Crippen molar-refractivity contribution in [3.63, 3.8) is 0 Å². The van der Waals surface area contributed by atoms with Crippen molar-refractivity contribution >= 4 is 18.2 Å². The van der Waals surface area contributed by atoms with E-state index in [-0.39, 0.29) is 25.7 Å². The monoisotopic (exact) mass is 516 g/mol. The first-order chi connectivity index (χ1) is 18.2. The van der Waals surface area contributed by atoms with E-state index in [4.69, 9.17) is 14.2 Å². The average Bonchev–Trinajstić information content (AvgIpc) is 3.22. The van der Waals surface area contributed by atoms with E-state index in [1.54, 1.807) is 20.8 Å². The van der Waals surface area contributed by atoms with Crippen molar-refractivity contribution in [3.8, 4) is 11.1 Å². The zero-order chi connectivity index (χ0) is 27.1. The number of hydrogen-bond acceptors (Lipinski definition) is 6. The first-order valence-electron chi connectivity index (χ1n) is 12.5. The van der Waals surface area contributed by atoms with Gasteiger partial charge in [-0.1, -0.05) is 78.9 Å². The molecule has 3 aromatic rings. The standard InChI is InChI=1S/C30H32N2O6/c1-30(2,3)38-27(33)26(32-29(35)36-18-20-11-5-4-6-12-20)17-31-28(34)37-19-25-23-15-9-7-13-21(23)22-14-8-10-16-24(22)25/h4-16,25-26H,17-19H2,1-3H3,(H,31,34)(H,32,35)/t26-/m0/s1. The molecule has 8 nitrogen and oxygen atoms in total. The lowest BCUT2D eigenvalue weighted by Crippen LogP contribution is -2.50.